The van der Waals surface area contributed by atoms with Crippen molar-refractivity contribution < 1.29 is 9.53 Å². The third-order valence-corrected chi connectivity index (χ3v) is 3.69. The Labute approximate surface area is 106 Å². The minimum Gasteiger partial charge on any atom is -0.464 e. The molecule has 0 radical (unpaired) electrons. The molecule has 18 heavy (non-hydrogen) atoms. The molecular formula is C13H17N3O2. The molecule has 1 fully saturated rings. The highest BCUT2D eigenvalue weighted by molar-refractivity contribution is 5.77. The molecule has 3 heterocycles. The van der Waals surface area contributed by atoms with Crippen molar-refractivity contribution in [3.63, 3.8) is 0 Å². The number of fused-ring (bicyclic) bond motifs is 1. The molecule has 0 amide bonds. The zero-order valence-electron chi connectivity index (χ0n) is 10.6. The zero-order valence-corrected chi connectivity index (χ0v) is 10.6. The summed E-state index contributed by atoms with van der Waals surface area (Å²) >= 11 is 0. The highest BCUT2D eigenvalue weighted by Gasteiger charge is 2.34. The van der Waals surface area contributed by atoms with Gasteiger partial charge in [0.05, 0.1) is 12.3 Å². The van der Waals surface area contributed by atoms with Crippen molar-refractivity contribution in [3.05, 3.63) is 23.3 Å². The van der Waals surface area contributed by atoms with Gasteiger partial charge in [0.15, 0.2) is 0 Å². The molecule has 2 aliphatic heterocycles. The molecule has 1 atom stereocenters. The van der Waals surface area contributed by atoms with Crippen molar-refractivity contribution in [2.45, 2.75) is 38.8 Å². The number of carbonyl (C=O) groups excluding carboxylic acids is 1. The average molecular weight is 247 g/mol. The number of carbonyl (C=O) groups is 1. The van der Waals surface area contributed by atoms with Gasteiger partial charge in [-0.3, -0.25) is 9.69 Å². The second kappa shape index (κ2) is 4.65. The largest absolute Gasteiger partial charge is 0.464 e. The number of ether oxygens (including phenoxy) is 1. The molecule has 5 heteroatoms. The molecule has 1 saturated heterocycles. The van der Waals surface area contributed by atoms with Gasteiger partial charge in [-0.05, 0) is 12.0 Å². The van der Waals surface area contributed by atoms with Crippen molar-refractivity contribution >= 4 is 5.97 Å². The van der Waals surface area contributed by atoms with Crippen LogP contribution in [0.2, 0.25) is 0 Å². The Morgan fingerprint density at radius 1 is 1.56 bits per heavy atom. The molecule has 0 bridgehead atoms. The molecule has 0 spiro atoms. The van der Waals surface area contributed by atoms with Crippen LogP contribution in [0, 0.1) is 0 Å². The van der Waals surface area contributed by atoms with Gasteiger partial charge >= 0.3 is 5.97 Å². The number of aromatic nitrogens is 2. The number of rotatable bonds is 2. The summed E-state index contributed by atoms with van der Waals surface area (Å²) in [5.41, 5.74) is 2.29. The lowest BCUT2D eigenvalue weighted by Gasteiger charge is -2.30. The lowest BCUT2D eigenvalue weighted by Crippen LogP contribution is -2.42. The molecule has 2 aliphatic rings. The van der Waals surface area contributed by atoms with Crippen LogP contribution in [-0.4, -0.2) is 40.0 Å². The van der Waals surface area contributed by atoms with Gasteiger partial charge in [-0.25, -0.2) is 9.97 Å². The Morgan fingerprint density at radius 3 is 3.17 bits per heavy atom. The first-order chi connectivity index (χ1) is 8.78. The van der Waals surface area contributed by atoms with E-state index in [1.807, 2.05) is 6.20 Å². The number of esters is 1. The zero-order chi connectivity index (χ0) is 12.5. The molecule has 96 valence electrons. The predicted molar refractivity (Wildman–Crippen MR) is 64.9 cm³/mol. The summed E-state index contributed by atoms with van der Waals surface area (Å²) in [5.74, 6) is 0.799. The maximum absolute atomic E-state index is 11.6. The molecule has 3 rings (SSSR count). The number of hydrogen-bond acceptors (Lipinski definition) is 5. The lowest BCUT2D eigenvalue weighted by molar-refractivity contribution is -0.142. The Balaban J connectivity index is 1.81. The summed E-state index contributed by atoms with van der Waals surface area (Å²) in [7, 11) is 0. The first-order valence-corrected chi connectivity index (χ1v) is 6.52. The molecule has 1 aromatic rings. The number of nitrogens with zero attached hydrogens (tertiary/aromatic N) is 3. The number of cyclic esters (lactones) is 1. The summed E-state index contributed by atoms with van der Waals surface area (Å²) in [6.07, 6.45) is 4.51. The van der Waals surface area contributed by atoms with Crippen LogP contribution in [-0.2, 0) is 28.9 Å². The van der Waals surface area contributed by atoms with E-state index in [1.54, 1.807) is 0 Å². The van der Waals surface area contributed by atoms with E-state index in [-0.39, 0.29) is 12.0 Å². The Hall–Kier alpha value is -1.49. The third-order valence-electron chi connectivity index (χ3n) is 3.69. The first kappa shape index (κ1) is 11.6. The third kappa shape index (κ3) is 1.99. The first-order valence-electron chi connectivity index (χ1n) is 6.52. The van der Waals surface area contributed by atoms with Crippen LogP contribution in [0.25, 0.3) is 0 Å². The van der Waals surface area contributed by atoms with Gasteiger partial charge in [0, 0.05) is 32.1 Å². The smallest absolute Gasteiger partial charge is 0.323 e. The molecule has 0 aromatic carbocycles. The standard InChI is InChI=1S/C13H17N3O2/c1-2-12-14-7-9-3-5-16(8-10(9)15-12)11-4-6-18-13(11)17/h7,11H,2-6,8H2,1H3/t11-/m0/s1. The summed E-state index contributed by atoms with van der Waals surface area (Å²) in [4.78, 5) is 22.7. The minimum absolute atomic E-state index is 0.0711. The minimum atomic E-state index is -0.0804. The van der Waals surface area contributed by atoms with E-state index in [4.69, 9.17) is 4.74 Å². The van der Waals surface area contributed by atoms with Crippen LogP contribution >= 0.6 is 0 Å². The molecular weight excluding hydrogens is 230 g/mol. The topological polar surface area (TPSA) is 55.3 Å². The van der Waals surface area contributed by atoms with E-state index in [0.29, 0.717) is 6.61 Å². The van der Waals surface area contributed by atoms with Gasteiger partial charge in [0.1, 0.15) is 11.9 Å². The van der Waals surface area contributed by atoms with E-state index in [1.165, 1.54) is 5.56 Å². The molecule has 0 unspecified atom stereocenters. The van der Waals surface area contributed by atoms with Crippen molar-refractivity contribution in [1.82, 2.24) is 14.9 Å². The molecule has 0 N–H and O–H groups in total. The summed E-state index contributed by atoms with van der Waals surface area (Å²) in [6.45, 7) is 4.24. The van der Waals surface area contributed by atoms with Crippen LogP contribution in [0.5, 0.6) is 0 Å². The van der Waals surface area contributed by atoms with Gasteiger partial charge in [0.25, 0.3) is 0 Å². The van der Waals surface area contributed by atoms with Crippen molar-refractivity contribution in [3.8, 4) is 0 Å². The Kier molecular flexibility index (Phi) is 2.99. The SMILES string of the molecule is CCc1ncc2c(n1)CN([C@H]1CCOC1=O)CC2. The van der Waals surface area contributed by atoms with Gasteiger partial charge in [-0.1, -0.05) is 6.92 Å². The van der Waals surface area contributed by atoms with Crippen LogP contribution in [0.1, 0.15) is 30.4 Å². The average Bonchev–Trinajstić information content (AvgIpc) is 2.83. The number of hydrogen-bond donors (Lipinski definition) is 0. The Morgan fingerprint density at radius 2 is 2.44 bits per heavy atom. The van der Waals surface area contributed by atoms with Crippen LogP contribution in [0.3, 0.4) is 0 Å². The second-order valence-electron chi connectivity index (χ2n) is 4.80. The van der Waals surface area contributed by atoms with Crippen molar-refractivity contribution in [1.29, 1.82) is 0 Å². The summed E-state index contributed by atoms with van der Waals surface area (Å²) < 4.78 is 5.04. The van der Waals surface area contributed by atoms with E-state index in [9.17, 15) is 4.79 Å². The molecule has 0 aliphatic carbocycles. The Bertz CT molecular complexity index is 475. The highest BCUT2D eigenvalue weighted by atomic mass is 16.5. The van der Waals surface area contributed by atoms with E-state index < -0.39 is 0 Å². The molecule has 1 aromatic heterocycles. The lowest BCUT2D eigenvalue weighted by atomic mass is 10.0. The molecule has 5 nitrogen and oxygen atoms in total. The van der Waals surface area contributed by atoms with Gasteiger partial charge in [-0.2, -0.15) is 0 Å². The summed E-state index contributed by atoms with van der Waals surface area (Å²) in [6, 6.07) is -0.0711. The van der Waals surface area contributed by atoms with Gasteiger partial charge in [-0.15, -0.1) is 0 Å². The van der Waals surface area contributed by atoms with Crippen molar-refractivity contribution in [2.24, 2.45) is 0 Å². The monoisotopic (exact) mass is 247 g/mol. The quantitative estimate of drug-likeness (QED) is 0.720. The normalized spacial score (nSPS) is 23.8. The van der Waals surface area contributed by atoms with Crippen LogP contribution in [0.15, 0.2) is 6.20 Å². The van der Waals surface area contributed by atoms with Crippen LogP contribution < -0.4 is 0 Å². The van der Waals surface area contributed by atoms with Gasteiger partial charge < -0.3 is 4.74 Å². The molecule has 0 saturated carbocycles. The summed E-state index contributed by atoms with van der Waals surface area (Å²) in [5, 5.41) is 0. The highest BCUT2D eigenvalue weighted by Crippen LogP contribution is 2.22. The maximum Gasteiger partial charge on any atom is 0.323 e. The van der Waals surface area contributed by atoms with Crippen LogP contribution in [0.4, 0.5) is 0 Å². The predicted octanol–water partition coefficient (Wildman–Crippen LogP) is 0.713. The number of aryl methyl sites for hydroxylation is 1. The van der Waals surface area contributed by atoms with Crippen molar-refractivity contribution in [2.75, 3.05) is 13.2 Å². The second-order valence-corrected chi connectivity index (χ2v) is 4.80. The fraction of sp³-hybridized carbons (Fsp3) is 0.615. The van der Waals surface area contributed by atoms with E-state index in [0.717, 1.165) is 43.9 Å². The van der Waals surface area contributed by atoms with E-state index in [2.05, 4.69) is 21.8 Å². The fourth-order valence-corrected chi connectivity index (χ4v) is 2.62. The fourth-order valence-electron chi connectivity index (χ4n) is 2.62. The van der Waals surface area contributed by atoms with Gasteiger partial charge in [0.2, 0.25) is 0 Å². The van der Waals surface area contributed by atoms with E-state index >= 15 is 0 Å². The maximum atomic E-state index is 11.6.